The van der Waals surface area contributed by atoms with Crippen molar-refractivity contribution in [2.45, 2.75) is 10.1 Å². The number of hydrogen-bond acceptors (Lipinski definition) is 9. The third-order valence-electron chi connectivity index (χ3n) is 3.92. The van der Waals surface area contributed by atoms with Crippen LogP contribution in [0.2, 0.25) is 0 Å². The standard InChI is InChI=1S/C20H16N4O5S2/c1-29-18(26)15-8-6-13(7-9-15)12-30-20-23-22-19(31-20)21-17(25)11-10-14-4-2-3-5-16(14)24(27)28/h2-11H,12H2,1H3,(H,21,22,25)/b11-10+. The molecule has 1 N–H and O–H groups in total. The zero-order valence-electron chi connectivity index (χ0n) is 16.2. The minimum Gasteiger partial charge on any atom is -0.465 e. The Morgan fingerprint density at radius 2 is 1.94 bits per heavy atom. The maximum Gasteiger partial charge on any atom is 0.337 e. The van der Waals surface area contributed by atoms with E-state index in [1.165, 1.54) is 48.4 Å². The number of benzene rings is 2. The van der Waals surface area contributed by atoms with Crippen molar-refractivity contribution in [3.05, 3.63) is 81.4 Å². The Morgan fingerprint density at radius 1 is 1.19 bits per heavy atom. The number of nitro benzene ring substituents is 1. The first-order valence-electron chi connectivity index (χ1n) is 8.82. The van der Waals surface area contributed by atoms with Crippen LogP contribution in [0.15, 0.2) is 58.9 Å². The van der Waals surface area contributed by atoms with Gasteiger partial charge in [0, 0.05) is 17.9 Å². The first kappa shape index (κ1) is 22.1. The van der Waals surface area contributed by atoms with Crippen molar-refractivity contribution >= 4 is 51.9 Å². The van der Waals surface area contributed by atoms with Gasteiger partial charge in [-0.25, -0.2) is 4.79 Å². The Balaban J connectivity index is 1.54. The normalized spacial score (nSPS) is 10.7. The Kier molecular flexibility index (Phi) is 7.46. The number of nitrogens with one attached hydrogen (secondary N) is 1. The molecule has 1 amide bonds. The van der Waals surface area contributed by atoms with Crippen LogP contribution in [-0.4, -0.2) is 34.1 Å². The molecule has 1 heterocycles. The molecule has 158 valence electrons. The van der Waals surface area contributed by atoms with Crippen LogP contribution in [0, 0.1) is 10.1 Å². The predicted molar refractivity (Wildman–Crippen MR) is 118 cm³/mol. The van der Waals surface area contributed by atoms with Gasteiger partial charge < -0.3 is 4.74 Å². The van der Waals surface area contributed by atoms with Crippen molar-refractivity contribution in [1.82, 2.24) is 10.2 Å². The van der Waals surface area contributed by atoms with Crippen molar-refractivity contribution in [3.8, 4) is 0 Å². The van der Waals surface area contributed by atoms with E-state index in [1.807, 2.05) is 12.1 Å². The number of amides is 1. The number of rotatable bonds is 8. The zero-order chi connectivity index (χ0) is 22.2. The minimum absolute atomic E-state index is 0.0826. The SMILES string of the molecule is COC(=O)c1ccc(CSc2nnc(NC(=O)/C=C/c3ccccc3[N+](=O)[O-])s2)cc1. The molecule has 0 unspecified atom stereocenters. The average Bonchev–Trinajstić information content (AvgIpc) is 3.23. The van der Waals surface area contributed by atoms with Crippen LogP contribution in [0.25, 0.3) is 6.08 Å². The van der Waals surface area contributed by atoms with E-state index in [-0.39, 0.29) is 11.7 Å². The summed E-state index contributed by atoms with van der Waals surface area (Å²) in [5.41, 5.74) is 1.71. The van der Waals surface area contributed by atoms with Crippen LogP contribution in [0.5, 0.6) is 0 Å². The lowest BCUT2D eigenvalue weighted by Gasteiger charge is -2.01. The van der Waals surface area contributed by atoms with E-state index in [1.54, 1.807) is 30.3 Å². The van der Waals surface area contributed by atoms with E-state index < -0.39 is 10.8 Å². The summed E-state index contributed by atoms with van der Waals surface area (Å²) >= 11 is 2.66. The van der Waals surface area contributed by atoms with Gasteiger partial charge in [-0.2, -0.15) is 0 Å². The van der Waals surface area contributed by atoms with Crippen LogP contribution in [0.1, 0.15) is 21.5 Å². The zero-order valence-corrected chi connectivity index (χ0v) is 17.8. The molecule has 0 aliphatic rings. The molecule has 0 bridgehead atoms. The fourth-order valence-corrected chi connectivity index (χ4v) is 4.14. The molecule has 9 nitrogen and oxygen atoms in total. The third kappa shape index (κ3) is 6.20. The molecular formula is C20H16N4O5S2. The van der Waals surface area contributed by atoms with Gasteiger partial charge >= 0.3 is 5.97 Å². The van der Waals surface area contributed by atoms with Crippen molar-refractivity contribution in [2.24, 2.45) is 0 Å². The number of thioether (sulfide) groups is 1. The van der Waals surface area contributed by atoms with Crippen LogP contribution >= 0.6 is 23.1 Å². The monoisotopic (exact) mass is 456 g/mol. The molecule has 2 aromatic carbocycles. The van der Waals surface area contributed by atoms with E-state index in [0.717, 1.165) is 5.56 Å². The molecule has 0 radical (unpaired) electrons. The Hall–Kier alpha value is -3.57. The minimum atomic E-state index is -0.505. The first-order chi connectivity index (χ1) is 15.0. The summed E-state index contributed by atoms with van der Waals surface area (Å²) in [6, 6.07) is 13.2. The molecule has 31 heavy (non-hydrogen) atoms. The number of aromatic nitrogens is 2. The predicted octanol–water partition coefficient (Wildman–Crippen LogP) is 4.18. The largest absolute Gasteiger partial charge is 0.465 e. The van der Waals surface area contributed by atoms with Gasteiger partial charge in [0.1, 0.15) is 0 Å². The van der Waals surface area contributed by atoms with Crippen molar-refractivity contribution < 1.29 is 19.2 Å². The summed E-state index contributed by atoms with van der Waals surface area (Å²) in [7, 11) is 1.33. The lowest BCUT2D eigenvalue weighted by Crippen LogP contribution is -2.07. The highest BCUT2D eigenvalue weighted by Crippen LogP contribution is 2.28. The number of nitrogens with zero attached hydrogens (tertiary/aromatic N) is 3. The van der Waals surface area contributed by atoms with Crippen molar-refractivity contribution in [3.63, 3.8) is 0 Å². The fraction of sp³-hybridized carbons (Fsp3) is 0.100. The molecule has 0 atom stereocenters. The Labute approximate surface area is 185 Å². The molecule has 1 aromatic heterocycles. The molecule has 0 spiro atoms. The number of esters is 1. The number of nitro groups is 1. The number of ether oxygens (including phenoxy) is 1. The molecule has 11 heteroatoms. The molecule has 3 rings (SSSR count). The molecule has 0 saturated heterocycles. The van der Waals surface area contributed by atoms with Gasteiger partial charge in [0.2, 0.25) is 11.0 Å². The summed E-state index contributed by atoms with van der Waals surface area (Å²) in [4.78, 5) is 34.1. The van der Waals surface area contributed by atoms with Crippen molar-refractivity contribution in [1.29, 1.82) is 0 Å². The highest BCUT2D eigenvalue weighted by Gasteiger charge is 2.11. The van der Waals surface area contributed by atoms with Crippen LogP contribution in [-0.2, 0) is 15.3 Å². The van der Waals surface area contributed by atoms with Gasteiger partial charge in [0.25, 0.3) is 5.69 Å². The molecule has 0 fully saturated rings. The number of methoxy groups -OCH3 is 1. The lowest BCUT2D eigenvalue weighted by atomic mass is 10.1. The van der Waals surface area contributed by atoms with E-state index in [4.69, 9.17) is 0 Å². The number of hydrogen-bond donors (Lipinski definition) is 1. The molecule has 0 aliphatic heterocycles. The van der Waals surface area contributed by atoms with Gasteiger partial charge in [-0.1, -0.05) is 47.4 Å². The fourth-order valence-electron chi connectivity index (χ4n) is 2.43. The second-order valence-corrected chi connectivity index (χ2v) is 8.19. The van der Waals surface area contributed by atoms with E-state index in [2.05, 4.69) is 20.3 Å². The third-order valence-corrected chi connectivity index (χ3v) is 5.96. The highest BCUT2D eigenvalue weighted by molar-refractivity contribution is 8.00. The summed E-state index contributed by atoms with van der Waals surface area (Å²) in [5.74, 6) is -0.245. The number of anilines is 1. The highest BCUT2D eigenvalue weighted by atomic mass is 32.2. The second-order valence-electron chi connectivity index (χ2n) is 5.99. The van der Waals surface area contributed by atoms with Gasteiger partial charge in [-0.05, 0) is 29.8 Å². The topological polar surface area (TPSA) is 124 Å². The molecular weight excluding hydrogens is 440 g/mol. The summed E-state index contributed by atoms with van der Waals surface area (Å²) < 4.78 is 5.33. The van der Waals surface area contributed by atoms with Crippen LogP contribution in [0.4, 0.5) is 10.8 Å². The smallest absolute Gasteiger partial charge is 0.337 e. The summed E-state index contributed by atoms with van der Waals surface area (Å²) in [6.07, 6.45) is 2.58. The van der Waals surface area contributed by atoms with E-state index in [0.29, 0.717) is 26.4 Å². The van der Waals surface area contributed by atoms with Gasteiger partial charge in [0.15, 0.2) is 4.34 Å². The molecule has 3 aromatic rings. The molecule has 0 saturated carbocycles. The number of carbonyl (C=O) groups excluding carboxylic acids is 2. The average molecular weight is 457 g/mol. The van der Waals surface area contributed by atoms with Gasteiger partial charge in [-0.3, -0.25) is 20.2 Å². The van der Waals surface area contributed by atoms with Crippen molar-refractivity contribution in [2.75, 3.05) is 12.4 Å². The Bertz CT molecular complexity index is 1130. The maximum atomic E-state index is 12.1. The number of para-hydroxylation sites is 1. The van der Waals surface area contributed by atoms with E-state index in [9.17, 15) is 19.7 Å². The molecule has 0 aliphatic carbocycles. The number of carbonyl (C=O) groups is 2. The van der Waals surface area contributed by atoms with Gasteiger partial charge in [-0.15, -0.1) is 10.2 Å². The van der Waals surface area contributed by atoms with Crippen LogP contribution < -0.4 is 5.32 Å². The van der Waals surface area contributed by atoms with Crippen LogP contribution in [0.3, 0.4) is 0 Å². The second kappa shape index (κ2) is 10.5. The lowest BCUT2D eigenvalue weighted by molar-refractivity contribution is -0.385. The summed E-state index contributed by atoms with van der Waals surface area (Å²) in [6.45, 7) is 0. The van der Waals surface area contributed by atoms with Gasteiger partial charge in [0.05, 0.1) is 23.2 Å². The quantitative estimate of drug-likeness (QED) is 0.134. The van der Waals surface area contributed by atoms with E-state index >= 15 is 0 Å². The first-order valence-corrected chi connectivity index (χ1v) is 10.6. The Morgan fingerprint density at radius 3 is 2.65 bits per heavy atom. The maximum absolute atomic E-state index is 12.1. The summed E-state index contributed by atoms with van der Waals surface area (Å²) in [5, 5.41) is 21.9.